The Morgan fingerprint density at radius 2 is 1.81 bits per heavy atom. The maximum atomic E-state index is 11.9. The van der Waals surface area contributed by atoms with E-state index in [4.69, 9.17) is 14.0 Å². The molecular formula is C29H32N4O4. The second kappa shape index (κ2) is 11.3. The highest BCUT2D eigenvalue weighted by atomic mass is 16.6. The molecule has 0 saturated heterocycles. The third-order valence-corrected chi connectivity index (χ3v) is 5.59. The standard InChI is InChI=1S/C29H32N4O4/c1-19-8-6-7-9-23(19)24-12-10-20(16-22(24)18-35-5)28-32-27(33-37-28)21-11-13-25(31-17-21)30-15-14-26(34)36-29(2,3)4/h6-13,16-17H,14-15,18H2,1-5H3,(H,30,31). The summed E-state index contributed by atoms with van der Waals surface area (Å²) in [5.74, 6) is 1.26. The Labute approximate surface area is 217 Å². The predicted octanol–water partition coefficient (Wildman–Crippen LogP) is 6.06. The van der Waals surface area contributed by atoms with Gasteiger partial charge in [0.05, 0.1) is 13.0 Å². The van der Waals surface area contributed by atoms with Gasteiger partial charge in [0.2, 0.25) is 5.82 Å². The zero-order valence-corrected chi connectivity index (χ0v) is 21.9. The van der Waals surface area contributed by atoms with Crippen LogP contribution in [0.25, 0.3) is 34.0 Å². The van der Waals surface area contributed by atoms with Crippen LogP contribution in [0.1, 0.15) is 38.3 Å². The molecular weight excluding hydrogens is 468 g/mol. The van der Waals surface area contributed by atoms with Crippen molar-refractivity contribution in [2.45, 2.75) is 46.3 Å². The number of nitrogens with one attached hydrogen (secondary N) is 1. The Morgan fingerprint density at radius 3 is 2.51 bits per heavy atom. The Morgan fingerprint density at radius 1 is 1.03 bits per heavy atom. The molecule has 0 unspecified atom stereocenters. The van der Waals surface area contributed by atoms with Gasteiger partial charge < -0.3 is 19.3 Å². The summed E-state index contributed by atoms with van der Waals surface area (Å²) < 4.78 is 16.3. The van der Waals surface area contributed by atoms with Gasteiger partial charge in [0.1, 0.15) is 11.4 Å². The summed E-state index contributed by atoms with van der Waals surface area (Å²) in [6, 6.07) is 18.0. The molecule has 0 amide bonds. The van der Waals surface area contributed by atoms with Crippen LogP contribution in [0.3, 0.4) is 0 Å². The highest BCUT2D eigenvalue weighted by molar-refractivity contribution is 5.74. The molecule has 0 spiro atoms. The van der Waals surface area contributed by atoms with Gasteiger partial charge in [-0.25, -0.2) is 4.98 Å². The molecule has 4 rings (SSSR count). The summed E-state index contributed by atoms with van der Waals surface area (Å²) >= 11 is 0. The minimum atomic E-state index is -0.491. The highest BCUT2D eigenvalue weighted by Gasteiger charge is 2.17. The van der Waals surface area contributed by atoms with Crippen LogP contribution in [-0.4, -0.2) is 40.3 Å². The number of rotatable bonds is 9. The Hall–Kier alpha value is -4.04. The third kappa shape index (κ3) is 6.80. The van der Waals surface area contributed by atoms with E-state index in [1.807, 2.05) is 57.2 Å². The molecule has 192 valence electrons. The first-order valence-electron chi connectivity index (χ1n) is 12.2. The van der Waals surface area contributed by atoms with Crippen molar-refractivity contribution in [1.82, 2.24) is 15.1 Å². The van der Waals surface area contributed by atoms with Crippen molar-refractivity contribution in [3.8, 4) is 34.0 Å². The van der Waals surface area contributed by atoms with Crippen molar-refractivity contribution in [2.75, 3.05) is 19.0 Å². The van der Waals surface area contributed by atoms with Crippen LogP contribution in [0.2, 0.25) is 0 Å². The SMILES string of the molecule is COCc1cc(-c2nc(-c3ccc(NCCC(=O)OC(C)(C)C)nc3)no2)ccc1-c1ccccc1C. The van der Waals surface area contributed by atoms with Crippen molar-refractivity contribution >= 4 is 11.8 Å². The Bertz CT molecular complexity index is 1360. The lowest BCUT2D eigenvalue weighted by Crippen LogP contribution is -2.25. The zero-order chi connectivity index (χ0) is 26.4. The van der Waals surface area contributed by atoms with Crippen molar-refractivity contribution in [3.63, 3.8) is 0 Å². The van der Waals surface area contributed by atoms with E-state index < -0.39 is 5.60 Å². The number of pyridine rings is 1. The average molecular weight is 501 g/mol. The number of ether oxygens (including phenoxy) is 2. The van der Waals surface area contributed by atoms with Crippen LogP contribution < -0.4 is 5.32 Å². The van der Waals surface area contributed by atoms with Gasteiger partial charge in [-0.1, -0.05) is 35.5 Å². The number of hydrogen-bond acceptors (Lipinski definition) is 8. The van der Waals surface area contributed by atoms with Gasteiger partial charge >= 0.3 is 5.97 Å². The smallest absolute Gasteiger partial charge is 0.308 e. The first kappa shape index (κ1) is 26.0. The summed E-state index contributed by atoms with van der Waals surface area (Å²) in [5, 5.41) is 7.27. The number of methoxy groups -OCH3 is 1. The summed E-state index contributed by atoms with van der Waals surface area (Å²) in [4.78, 5) is 20.8. The second-order valence-corrected chi connectivity index (χ2v) is 9.74. The molecule has 8 heteroatoms. The number of esters is 1. The summed E-state index contributed by atoms with van der Waals surface area (Å²) in [6.45, 7) is 8.53. The highest BCUT2D eigenvalue weighted by Crippen LogP contribution is 2.31. The van der Waals surface area contributed by atoms with Gasteiger partial charge in [0.25, 0.3) is 5.89 Å². The molecule has 2 aromatic carbocycles. The van der Waals surface area contributed by atoms with E-state index in [1.54, 1.807) is 13.3 Å². The minimum absolute atomic E-state index is 0.253. The quantitative estimate of drug-likeness (QED) is 0.277. The lowest BCUT2D eigenvalue weighted by atomic mass is 9.94. The van der Waals surface area contributed by atoms with E-state index in [0.29, 0.717) is 30.7 Å². The van der Waals surface area contributed by atoms with Gasteiger partial charge in [0.15, 0.2) is 0 Å². The van der Waals surface area contributed by atoms with Crippen LogP contribution in [0, 0.1) is 6.92 Å². The first-order valence-corrected chi connectivity index (χ1v) is 12.2. The molecule has 0 aliphatic carbocycles. The Kier molecular flexibility index (Phi) is 7.98. The summed E-state index contributed by atoms with van der Waals surface area (Å²) in [7, 11) is 1.68. The lowest BCUT2D eigenvalue weighted by Gasteiger charge is -2.19. The number of hydrogen-bond donors (Lipinski definition) is 1. The van der Waals surface area contributed by atoms with E-state index in [0.717, 1.165) is 27.8 Å². The molecule has 0 bridgehead atoms. The van der Waals surface area contributed by atoms with E-state index in [2.05, 4.69) is 45.6 Å². The molecule has 4 aromatic rings. The molecule has 0 fully saturated rings. The monoisotopic (exact) mass is 500 g/mol. The van der Waals surface area contributed by atoms with Crippen LogP contribution in [0.15, 0.2) is 65.3 Å². The van der Waals surface area contributed by atoms with Crippen LogP contribution in [-0.2, 0) is 20.9 Å². The third-order valence-electron chi connectivity index (χ3n) is 5.59. The number of benzene rings is 2. The number of anilines is 1. The topological polar surface area (TPSA) is 99.4 Å². The van der Waals surface area contributed by atoms with E-state index in [1.165, 1.54) is 5.56 Å². The fraction of sp³-hybridized carbons (Fsp3) is 0.310. The molecule has 2 aromatic heterocycles. The number of aromatic nitrogens is 3. The van der Waals surface area contributed by atoms with Crippen LogP contribution in [0.4, 0.5) is 5.82 Å². The maximum absolute atomic E-state index is 11.9. The van der Waals surface area contributed by atoms with Gasteiger partial charge in [-0.05, 0) is 74.2 Å². The maximum Gasteiger partial charge on any atom is 0.308 e. The van der Waals surface area contributed by atoms with Gasteiger partial charge in [-0.15, -0.1) is 0 Å². The van der Waals surface area contributed by atoms with Gasteiger partial charge in [-0.2, -0.15) is 4.98 Å². The summed E-state index contributed by atoms with van der Waals surface area (Å²) in [6.07, 6.45) is 1.92. The van der Waals surface area contributed by atoms with Gasteiger partial charge in [0, 0.05) is 31.0 Å². The number of carbonyl (C=O) groups is 1. The van der Waals surface area contributed by atoms with Crippen molar-refractivity contribution in [1.29, 1.82) is 0 Å². The number of nitrogens with zero attached hydrogens (tertiary/aromatic N) is 3. The van der Waals surface area contributed by atoms with E-state index in [9.17, 15) is 4.79 Å². The molecule has 0 saturated carbocycles. The molecule has 0 aliphatic rings. The van der Waals surface area contributed by atoms with Crippen LogP contribution >= 0.6 is 0 Å². The first-order chi connectivity index (χ1) is 17.7. The second-order valence-electron chi connectivity index (χ2n) is 9.74. The fourth-order valence-corrected chi connectivity index (χ4v) is 3.91. The molecule has 8 nitrogen and oxygen atoms in total. The largest absolute Gasteiger partial charge is 0.460 e. The van der Waals surface area contributed by atoms with Crippen LogP contribution in [0.5, 0.6) is 0 Å². The number of aryl methyl sites for hydroxylation is 1. The van der Waals surface area contributed by atoms with Crippen molar-refractivity contribution in [2.24, 2.45) is 0 Å². The fourth-order valence-electron chi connectivity index (χ4n) is 3.91. The Balaban J connectivity index is 1.45. The predicted molar refractivity (Wildman–Crippen MR) is 143 cm³/mol. The molecule has 37 heavy (non-hydrogen) atoms. The lowest BCUT2D eigenvalue weighted by molar-refractivity contribution is -0.154. The molecule has 0 aliphatic heterocycles. The minimum Gasteiger partial charge on any atom is -0.460 e. The molecule has 2 heterocycles. The van der Waals surface area contributed by atoms with E-state index >= 15 is 0 Å². The zero-order valence-electron chi connectivity index (χ0n) is 21.9. The van der Waals surface area contributed by atoms with Crippen molar-refractivity contribution < 1.29 is 18.8 Å². The van der Waals surface area contributed by atoms with Crippen molar-refractivity contribution in [3.05, 3.63) is 71.9 Å². The average Bonchev–Trinajstić information content (AvgIpc) is 3.34. The summed E-state index contributed by atoms with van der Waals surface area (Å²) in [5.41, 5.74) is 5.56. The molecule has 1 N–H and O–H groups in total. The molecule has 0 radical (unpaired) electrons. The number of carbonyl (C=O) groups excluding carboxylic acids is 1. The van der Waals surface area contributed by atoms with E-state index in [-0.39, 0.29) is 12.4 Å². The van der Waals surface area contributed by atoms with Gasteiger partial charge in [-0.3, -0.25) is 4.79 Å². The molecule has 0 atom stereocenters. The normalized spacial score (nSPS) is 11.4.